The molecule has 6 nitrogen and oxygen atoms in total. The molecule has 1 rings (SSSR count). The molecule has 0 spiro atoms. The molecule has 0 aliphatic heterocycles. The minimum absolute atomic E-state index is 0.102. The van der Waals surface area contributed by atoms with Crippen molar-refractivity contribution in [3.63, 3.8) is 0 Å². The van der Waals surface area contributed by atoms with Crippen LogP contribution in [0.4, 0.5) is 5.69 Å². The molecule has 1 aromatic carbocycles. The van der Waals surface area contributed by atoms with Crippen LogP contribution in [-0.2, 0) is 9.53 Å². The van der Waals surface area contributed by atoms with Crippen LogP contribution >= 0.6 is 0 Å². The normalized spacial score (nSPS) is 10.9. The summed E-state index contributed by atoms with van der Waals surface area (Å²) in [5.41, 5.74) is 1.14. The van der Waals surface area contributed by atoms with Crippen LogP contribution in [-0.4, -0.2) is 57.1 Å². The van der Waals surface area contributed by atoms with Crippen LogP contribution in [0.3, 0.4) is 0 Å². The average molecular weight is 335 g/mol. The quantitative estimate of drug-likeness (QED) is 0.505. The van der Waals surface area contributed by atoms with Crippen molar-refractivity contribution in [2.24, 2.45) is 5.92 Å². The predicted octanol–water partition coefficient (Wildman–Crippen LogP) is 1.98. The molecule has 0 unspecified atom stereocenters. The summed E-state index contributed by atoms with van der Waals surface area (Å²) in [7, 11) is 4.05. The minimum Gasteiger partial charge on any atom is -0.462 e. The van der Waals surface area contributed by atoms with Crippen LogP contribution in [0, 0.1) is 5.92 Å². The fourth-order valence-electron chi connectivity index (χ4n) is 1.94. The molecule has 0 saturated heterocycles. The van der Waals surface area contributed by atoms with Gasteiger partial charge in [0.05, 0.1) is 18.7 Å². The van der Waals surface area contributed by atoms with E-state index in [1.807, 2.05) is 27.9 Å². The van der Waals surface area contributed by atoms with Crippen molar-refractivity contribution in [3.8, 4) is 0 Å². The summed E-state index contributed by atoms with van der Waals surface area (Å²) in [6.07, 6.45) is 0.994. The first kappa shape index (κ1) is 20.1. The van der Waals surface area contributed by atoms with E-state index in [4.69, 9.17) is 4.74 Å². The fraction of sp³-hybridized carbons (Fsp3) is 0.556. The van der Waals surface area contributed by atoms with Gasteiger partial charge in [0.15, 0.2) is 0 Å². The molecule has 2 N–H and O–H groups in total. The van der Waals surface area contributed by atoms with Gasteiger partial charge in [-0.15, -0.1) is 0 Å². The van der Waals surface area contributed by atoms with E-state index in [0.29, 0.717) is 23.8 Å². The molecule has 1 amide bonds. The SMILES string of the molecule is CC(C)COC(=O)c1ccc(NC(=O)CNCCCN(C)C)cc1. The second kappa shape index (κ2) is 10.8. The first-order chi connectivity index (χ1) is 11.4. The highest BCUT2D eigenvalue weighted by Gasteiger charge is 2.08. The first-order valence-electron chi connectivity index (χ1n) is 8.31. The third kappa shape index (κ3) is 8.64. The van der Waals surface area contributed by atoms with E-state index in [2.05, 4.69) is 15.5 Å². The van der Waals surface area contributed by atoms with Crippen molar-refractivity contribution < 1.29 is 14.3 Å². The van der Waals surface area contributed by atoms with Crippen molar-refractivity contribution in [3.05, 3.63) is 29.8 Å². The molecule has 0 heterocycles. The highest BCUT2D eigenvalue weighted by atomic mass is 16.5. The Labute approximate surface area is 144 Å². The van der Waals surface area contributed by atoms with Gasteiger partial charge in [-0.2, -0.15) is 0 Å². The van der Waals surface area contributed by atoms with E-state index in [1.165, 1.54) is 0 Å². The molecule has 0 aliphatic rings. The number of benzene rings is 1. The number of rotatable bonds is 10. The maximum atomic E-state index is 11.8. The Bertz CT molecular complexity index is 513. The fourth-order valence-corrected chi connectivity index (χ4v) is 1.94. The van der Waals surface area contributed by atoms with E-state index < -0.39 is 0 Å². The minimum atomic E-state index is -0.343. The van der Waals surface area contributed by atoms with Crippen LogP contribution in [0.2, 0.25) is 0 Å². The van der Waals surface area contributed by atoms with Gasteiger partial charge in [0.25, 0.3) is 0 Å². The van der Waals surface area contributed by atoms with Crippen molar-refractivity contribution in [1.82, 2.24) is 10.2 Å². The van der Waals surface area contributed by atoms with Gasteiger partial charge in [-0.1, -0.05) is 13.8 Å². The number of hydrogen-bond acceptors (Lipinski definition) is 5. The maximum Gasteiger partial charge on any atom is 0.338 e. The van der Waals surface area contributed by atoms with Crippen LogP contribution in [0.5, 0.6) is 0 Å². The number of ether oxygens (including phenoxy) is 1. The molecule has 0 aliphatic carbocycles. The van der Waals surface area contributed by atoms with Gasteiger partial charge in [-0.05, 0) is 63.8 Å². The molecule has 0 bridgehead atoms. The lowest BCUT2D eigenvalue weighted by atomic mass is 10.2. The lowest BCUT2D eigenvalue weighted by molar-refractivity contribution is -0.115. The molecule has 0 saturated carbocycles. The zero-order valence-corrected chi connectivity index (χ0v) is 15.1. The number of anilines is 1. The molecular formula is C18H29N3O3. The number of carbonyl (C=O) groups excluding carboxylic acids is 2. The second-order valence-corrected chi connectivity index (χ2v) is 6.45. The monoisotopic (exact) mass is 335 g/mol. The van der Waals surface area contributed by atoms with Crippen LogP contribution in [0.1, 0.15) is 30.6 Å². The smallest absolute Gasteiger partial charge is 0.338 e. The van der Waals surface area contributed by atoms with Crippen LogP contribution in [0.15, 0.2) is 24.3 Å². The summed E-state index contributed by atoms with van der Waals surface area (Å²) in [5.74, 6) is -0.142. The van der Waals surface area contributed by atoms with Crippen molar-refractivity contribution in [2.75, 3.05) is 45.7 Å². The van der Waals surface area contributed by atoms with E-state index in [9.17, 15) is 9.59 Å². The number of esters is 1. The van der Waals surface area contributed by atoms with Crippen molar-refractivity contribution in [2.45, 2.75) is 20.3 Å². The third-order valence-corrected chi connectivity index (χ3v) is 3.20. The van der Waals surface area contributed by atoms with Gasteiger partial charge in [0, 0.05) is 5.69 Å². The molecule has 0 atom stereocenters. The summed E-state index contributed by atoms with van der Waals surface area (Å²) in [6, 6.07) is 6.72. The molecule has 24 heavy (non-hydrogen) atoms. The molecular weight excluding hydrogens is 306 g/mol. The predicted molar refractivity (Wildman–Crippen MR) is 96.2 cm³/mol. The Balaban J connectivity index is 2.33. The van der Waals surface area contributed by atoms with Gasteiger partial charge in [0.2, 0.25) is 5.91 Å². The Kier molecular flexibility index (Phi) is 9.04. The molecule has 6 heteroatoms. The Morgan fingerprint density at radius 3 is 2.42 bits per heavy atom. The molecule has 134 valence electrons. The number of nitrogens with one attached hydrogen (secondary N) is 2. The number of hydrogen-bond donors (Lipinski definition) is 2. The van der Waals surface area contributed by atoms with Crippen molar-refractivity contribution >= 4 is 17.6 Å². The summed E-state index contributed by atoms with van der Waals surface area (Å²) in [5, 5.41) is 5.90. The molecule has 0 aromatic heterocycles. The zero-order chi connectivity index (χ0) is 17.9. The summed E-state index contributed by atoms with van der Waals surface area (Å²) >= 11 is 0. The van der Waals surface area contributed by atoms with E-state index in [-0.39, 0.29) is 18.4 Å². The molecule has 1 aromatic rings. The van der Waals surface area contributed by atoms with Crippen LogP contribution < -0.4 is 10.6 Å². The van der Waals surface area contributed by atoms with Crippen molar-refractivity contribution in [1.29, 1.82) is 0 Å². The first-order valence-corrected chi connectivity index (χ1v) is 8.31. The van der Waals surface area contributed by atoms with Gasteiger partial charge >= 0.3 is 5.97 Å². The van der Waals surface area contributed by atoms with Gasteiger partial charge in [0.1, 0.15) is 0 Å². The maximum absolute atomic E-state index is 11.8. The standard InChI is InChI=1S/C18H29N3O3/c1-14(2)13-24-18(23)15-6-8-16(9-7-15)20-17(22)12-19-10-5-11-21(3)4/h6-9,14,19H,5,10-13H2,1-4H3,(H,20,22). The van der Waals surface area contributed by atoms with E-state index in [1.54, 1.807) is 24.3 Å². The zero-order valence-electron chi connectivity index (χ0n) is 15.1. The highest BCUT2D eigenvalue weighted by molar-refractivity contribution is 5.93. The summed E-state index contributed by atoms with van der Waals surface area (Å²) in [6.45, 7) is 6.43. The highest BCUT2D eigenvalue weighted by Crippen LogP contribution is 2.11. The Morgan fingerprint density at radius 1 is 1.17 bits per heavy atom. The lowest BCUT2D eigenvalue weighted by Crippen LogP contribution is -2.30. The topological polar surface area (TPSA) is 70.7 Å². The largest absolute Gasteiger partial charge is 0.462 e. The lowest BCUT2D eigenvalue weighted by Gasteiger charge is -2.10. The molecule has 0 radical (unpaired) electrons. The second-order valence-electron chi connectivity index (χ2n) is 6.45. The summed E-state index contributed by atoms with van der Waals surface area (Å²) < 4.78 is 5.16. The Morgan fingerprint density at radius 2 is 1.83 bits per heavy atom. The number of amides is 1. The van der Waals surface area contributed by atoms with Crippen LogP contribution in [0.25, 0.3) is 0 Å². The van der Waals surface area contributed by atoms with E-state index in [0.717, 1.165) is 19.5 Å². The Hall–Kier alpha value is -1.92. The number of carbonyl (C=O) groups is 2. The molecule has 0 fully saturated rings. The average Bonchev–Trinajstić information content (AvgIpc) is 2.52. The third-order valence-electron chi connectivity index (χ3n) is 3.20. The summed E-state index contributed by atoms with van der Waals surface area (Å²) in [4.78, 5) is 25.7. The van der Waals surface area contributed by atoms with Gasteiger partial charge in [-0.3, -0.25) is 4.79 Å². The van der Waals surface area contributed by atoms with E-state index >= 15 is 0 Å². The number of nitrogens with zero attached hydrogens (tertiary/aromatic N) is 1. The van der Waals surface area contributed by atoms with Gasteiger partial charge < -0.3 is 20.3 Å². The van der Waals surface area contributed by atoms with Gasteiger partial charge in [-0.25, -0.2) is 4.79 Å².